The first kappa shape index (κ1) is 13.2. The summed E-state index contributed by atoms with van der Waals surface area (Å²) in [6.45, 7) is 0. The van der Waals surface area contributed by atoms with Crippen molar-refractivity contribution in [3.63, 3.8) is 0 Å². The molecule has 0 atom stereocenters. The minimum absolute atomic E-state index is 0.0122. The monoisotopic (exact) mass is 287 g/mol. The molecule has 0 aliphatic carbocycles. The van der Waals surface area contributed by atoms with Crippen molar-refractivity contribution in [2.75, 3.05) is 10.7 Å². The van der Waals surface area contributed by atoms with Gasteiger partial charge in [-0.2, -0.15) is 4.98 Å². The molecule has 0 unspecified atom stereocenters. The second kappa shape index (κ2) is 5.29. The number of halogens is 2. The third kappa shape index (κ3) is 2.46. The zero-order valence-electron chi connectivity index (χ0n) is 10.8. The topological polar surface area (TPSA) is 75.9 Å². The standard InChI is InChI=1S/C14H11F2N5/c15-9-5-3-7-11(12(9)16)18-13-8-4-1-2-6-10(8)19-14(20-13)21-17/h1-7H,17H2,(H2,18,19,20,21). The number of hydrazine groups is 1. The first-order chi connectivity index (χ1) is 10.2. The molecule has 106 valence electrons. The molecule has 4 N–H and O–H groups in total. The summed E-state index contributed by atoms with van der Waals surface area (Å²) in [4.78, 5) is 8.32. The Balaban J connectivity index is 2.13. The van der Waals surface area contributed by atoms with E-state index in [4.69, 9.17) is 5.84 Å². The third-order valence-corrected chi connectivity index (χ3v) is 2.94. The predicted molar refractivity (Wildman–Crippen MR) is 77.0 cm³/mol. The van der Waals surface area contributed by atoms with Crippen LogP contribution >= 0.6 is 0 Å². The first-order valence-electron chi connectivity index (χ1n) is 6.13. The van der Waals surface area contributed by atoms with Crippen molar-refractivity contribution in [3.05, 3.63) is 54.1 Å². The average Bonchev–Trinajstić information content (AvgIpc) is 2.51. The molecule has 21 heavy (non-hydrogen) atoms. The zero-order chi connectivity index (χ0) is 14.8. The summed E-state index contributed by atoms with van der Waals surface area (Å²) in [5.74, 6) is 3.92. The van der Waals surface area contributed by atoms with E-state index >= 15 is 0 Å². The van der Waals surface area contributed by atoms with E-state index in [0.717, 1.165) is 6.07 Å². The molecule has 0 spiro atoms. The molecule has 3 rings (SSSR count). The van der Waals surface area contributed by atoms with Gasteiger partial charge in [-0.05, 0) is 24.3 Å². The lowest BCUT2D eigenvalue weighted by Gasteiger charge is -2.11. The number of hydrogen-bond acceptors (Lipinski definition) is 5. The van der Waals surface area contributed by atoms with Crippen molar-refractivity contribution < 1.29 is 8.78 Å². The summed E-state index contributed by atoms with van der Waals surface area (Å²) in [6.07, 6.45) is 0. The van der Waals surface area contributed by atoms with Crippen LogP contribution in [0.1, 0.15) is 0 Å². The highest BCUT2D eigenvalue weighted by atomic mass is 19.2. The Morgan fingerprint density at radius 3 is 2.57 bits per heavy atom. The molecule has 0 aliphatic rings. The Bertz CT molecular complexity index is 806. The molecule has 0 amide bonds. The summed E-state index contributed by atoms with van der Waals surface area (Å²) in [6, 6.07) is 11.0. The molecule has 5 nitrogen and oxygen atoms in total. The molecule has 1 aromatic heterocycles. The van der Waals surface area contributed by atoms with Crippen LogP contribution in [-0.4, -0.2) is 9.97 Å². The number of hydrogen-bond donors (Lipinski definition) is 3. The van der Waals surface area contributed by atoms with Gasteiger partial charge in [0, 0.05) is 5.39 Å². The maximum absolute atomic E-state index is 13.7. The first-order valence-corrected chi connectivity index (χ1v) is 6.13. The fourth-order valence-corrected chi connectivity index (χ4v) is 1.96. The van der Waals surface area contributed by atoms with Crippen LogP contribution in [0, 0.1) is 11.6 Å². The van der Waals surface area contributed by atoms with Crippen molar-refractivity contribution in [1.29, 1.82) is 0 Å². The van der Waals surface area contributed by atoms with Gasteiger partial charge in [0.2, 0.25) is 5.95 Å². The summed E-state index contributed by atoms with van der Waals surface area (Å²) >= 11 is 0. The predicted octanol–water partition coefficient (Wildman–Crippen LogP) is 2.94. The van der Waals surface area contributed by atoms with Crippen LogP contribution in [-0.2, 0) is 0 Å². The fourth-order valence-electron chi connectivity index (χ4n) is 1.96. The molecular weight excluding hydrogens is 276 g/mol. The van der Waals surface area contributed by atoms with E-state index in [-0.39, 0.29) is 11.6 Å². The highest BCUT2D eigenvalue weighted by molar-refractivity contribution is 5.91. The maximum Gasteiger partial charge on any atom is 0.239 e. The van der Waals surface area contributed by atoms with Gasteiger partial charge in [0.15, 0.2) is 11.6 Å². The second-order valence-electron chi connectivity index (χ2n) is 4.28. The van der Waals surface area contributed by atoms with Gasteiger partial charge in [0.1, 0.15) is 5.82 Å². The van der Waals surface area contributed by atoms with Gasteiger partial charge in [-0.1, -0.05) is 18.2 Å². The van der Waals surface area contributed by atoms with Gasteiger partial charge < -0.3 is 5.32 Å². The van der Waals surface area contributed by atoms with Crippen LogP contribution in [0.5, 0.6) is 0 Å². The van der Waals surface area contributed by atoms with Crippen LogP contribution in [0.25, 0.3) is 10.9 Å². The molecule has 3 aromatic rings. The van der Waals surface area contributed by atoms with E-state index in [0.29, 0.717) is 16.7 Å². The highest BCUT2D eigenvalue weighted by Gasteiger charge is 2.11. The zero-order valence-corrected chi connectivity index (χ0v) is 10.8. The van der Waals surface area contributed by atoms with E-state index in [1.54, 1.807) is 18.2 Å². The number of aromatic nitrogens is 2. The Morgan fingerprint density at radius 2 is 1.76 bits per heavy atom. The Labute approximate surface area is 118 Å². The number of para-hydroxylation sites is 1. The van der Waals surface area contributed by atoms with E-state index in [1.807, 2.05) is 6.07 Å². The van der Waals surface area contributed by atoms with Crippen molar-refractivity contribution in [2.24, 2.45) is 5.84 Å². The molecule has 0 radical (unpaired) electrons. The summed E-state index contributed by atoms with van der Waals surface area (Å²) in [7, 11) is 0. The molecule has 7 heteroatoms. The number of anilines is 3. The minimum atomic E-state index is -0.970. The highest BCUT2D eigenvalue weighted by Crippen LogP contribution is 2.26. The number of nitrogens with zero attached hydrogens (tertiary/aromatic N) is 2. The van der Waals surface area contributed by atoms with Crippen molar-refractivity contribution in [1.82, 2.24) is 9.97 Å². The minimum Gasteiger partial charge on any atom is -0.337 e. The number of rotatable bonds is 3. The summed E-state index contributed by atoms with van der Waals surface area (Å²) in [5.41, 5.74) is 2.95. The van der Waals surface area contributed by atoms with Crippen molar-refractivity contribution >= 4 is 28.4 Å². The van der Waals surface area contributed by atoms with Crippen molar-refractivity contribution in [2.45, 2.75) is 0 Å². The quantitative estimate of drug-likeness (QED) is 0.510. The average molecular weight is 287 g/mol. The largest absolute Gasteiger partial charge is 0.337 e. The van der Waals surface area contributed by atoms with Crippen LogP contribution in [0.2, 0.25) is 0 Å². The van der Waals surface area contributed by atoms with E-state index in [2.05, 4.69) is 20.7 Å². The summed E-state index contributed by atoms with van der Waals surface area (Å²) < 4.78 is 27.0. The number of nitrogens with two attached hydrogens (primary N) is 1. The molecule has 1 heterocycles. The van der Waals surface area contributed by atoms with Gasteiger partial charge in [0.05, 0.1) is 11.2 Å². The van der Waals surface area contributed by atoms with Crippen molar-refractivity contribution in [3.8, 4) is 0 Å². The molecular formula is C14H11F2N5. The third-order valence-electron chi connectivity index (χ3n) is 2.94. The summed E-state index contributed by atoms with van der Waals surface area (Å²) in [5, 5.41) is 3.44. The van der Waals surface area contributed by atoms with Gasteiger partial charge in [0.25, 0.3) is 0 Å². The lowest BCUT2D eigenvalue weighted by molar-refractivity contribution is 0.512. The van der Waals surface area contributed by atoms with E-state index < -0.39 is 11.6 Å². The molecule has 0 saturated carbocycles. The molecule has 0 fully saturated rings. The van der Waals surface area contributed by atoms with Crippen LogP contribution < -0.4 is 16.6 Å². The van der Waals surface area contributed by atoms with Gasteiger partial charge in [-0.15, -0.1) is 0 Å². The second-order valence-corrected chi connectivity index (χ2v) is 4.28. The molecule has 0 saturated heterocycles. The lowest BCUT2D eigenvalue weighted by atomic mass is 10.2. The fraction of sp³-hybridized carbons (Fsp3) is 0. The Kier molecular flexibility index (Phi) is 3.33. The van der Waals surface area contributed by atoms with Crippen LogP contribution in [0.4, 0.5) is 26.2 Å². The van der Waals surface area contributed by atoms with Gasteiger partial charge in [-0.25, -0.2) is 19.6 Å². The number of nitrogen functional groups attached to an aromatic ring is 1. The van der Waals surface area contributed by atoms with Crippen LogP contribution in [0.15, 0.2) is 42.5 Å². The van der Waals surface area contributed by atoms with Crippen LogP contribution in [0.3, 0.4) is 0 Å². The van der Waals surface area contributed by atoms with E-state index in [1.165, 1.54) is 12.1 Å². The van der Waals surface area contributed by atoms with Gasteiger partial charge >= 0.3 is 0 Å². The Hall–Kier alpha value is -2.80. The molecule has 0 aliphatic heterocycles. The number of fused-ring (bicyclic) bond motifs is 1. The maximum atomic E-state index is 13.7. The molecule has 0 bridgehead atoms. The normalized spacial score (nSPS) is 10.6. The molecule has 2 aromatic carbocycles. The number of nitrogens with one attached hydrogen (secondary N) is 2. The van der Waals surface area contributed by atoms with Gasteiger partial charge in [-0.3, -0.25) is 5.43 Å². The SMILES string of the molecule is NNc1nc(Nc2cccc(F)c2F)c2ccccc2n1. The Morgan fingerprint density at radius 1 is 0.952 bits per heavy atom. The number of benzene rings is 2. The van der Waals surface area contributed by atoms with E-state index in [9.17, 15) is 8.78 Å². The smallest absolute Gasteiger partial charge is 0.239 e. The lowest BCUT2D eigenvalue weighted by Crippen LogP contribution is -2.11.